The number of fused-ring (bicyclic) bond motifs is 2. The van der Waals surface area contributed by atoms with Gasteiger partial charge in [-0.15, -0.1) is 12.4 Å². The van der Waals surface area contributed by atoms with Crippen LogP contribution in [0.15, 0.2) is 0 Å². The summed E-state index contributed by atoms with van der Waals surface area (Å²) in [5, 5.41) is 13.2. The highest BCUT2D eigenvalue weighted by molar-refractivity contribution is 5.85. The fourth-order valence-electron chi connectivity index (χ4n) is 4.04. The van der Waals surface area contributed by atoms with E-state index in [9.17, 15) is 5.11 Å². The van der Waals surface area contributed by atoms with Crippen molar-refractivity contribution in [2.75, 3.05) is 13.2 Å². The van der Waals surface area contributed by atoms with Crippen LogP contribution in [0.4, 0.5) is 0 Å². The molecule has 2 aliphatic carbocycles. The van der Waals surface area contributed by atoms with E-state index in [1.165, 1.54) is 19.3 Å². The zero-order valence-electron chi connectivity index (χ0n) is 13.6. The fourth-order valence-corrected chi connectivity index (χ4v) is 4.04. The van der Waals surface area contributed by atoms with Crippen LogP contribution >= 0.6 is 12.4 Å². The molecular weight excluding hydrogens is 274 g/mol. The molecule has 4 atom stereocenters. The van der Waals surface area contributed by atoms with Crippen molar-refractivity contribution >= 4 is 12.4 Å². The molecule has 0 aromatic rings. The molecule has 0 amide bonds. The van der Waals surface area contributed by atoms with Crippen LogP contribution in [0.1, 0.15) is 53.9 Å². The summed E-state index contributed by atoms with van der Waals surface area (Å²) < 4.78 is 6.08. The minimum absolute atomic E-state index is 0. The Kier molecular flexibility index (Phi) is 5.93. The summed E-state index contributed by atoms with van der Waals surface area (Å²) in [6.45, 7) is 12.4. The number of ether oxygens (including phenoxy) is 1. The molecule has 20 heavy (non-hydrogen) atoms. The van der Waals surface area contributed by atoms with Crippen LogP contribution in [0.25, 0.3) is 0 Å². The van der Waals surface area contributed by atoms with Gasteiger partial charge in [-0.25, -0.2) is 0 Å². The van der Waals surface area contributed by atoms with Crippen molar-refractivity contribution in [1.29, 1.82) is 0 Å². The van der Waals surface area contributed by atoms with Gasteiger partial charge in [0.1, 0.15) is 0 Å². The molecule has 3 nitrogen and oxygen atoms in total. The molecule has 2 rings (SSSR count). The second-order valence-electron chi connectivity index (χ2n) is 7.65. The number of aliphatic hydroxyl groups excluding tert-OH is 1. The summed E-state index contributed by atoms with van der Waals surface area (Å²) in [7, 11) is 0. The third kappa shape index (κ3) is 3.16. The summed E-state index contributed by atoms with van der Waals surface area (Å²) in [4.78, 5) is 0. The second kappa shape index (κ2) is 6.51. The molecule has 120 valence electrons. The SMILES string of the molecule is CC(C)NCC(O)COC1CC2CCC1(C)C2(C)C.Cl. The predicted molar refractivity (Wildman–Crippen MR) is 85.4 cm³/mol. The molecule has 2 bridgehead atoms. The Labute approximate surface area is 130 Å². The largest absolute Gasteiger partial charge is 0.389 e. The van der Waals surface area contributed by atoms with Gasteiger partial charge >= 0.3 is 0 Å². The molecule has 4 unspecified atom stereocenters. The van der Waals surface area contributed by atoms with Gasteiger partial charge < -0.3 is 15.2 Å². The van der Waals surface area contributed by atoms with Crippen LogP contribution in [0.3, 0.4) is 0 Å². The molecule has 0 saturated heterocycles. The quantitative estimate of drug-likeness (QED) is 0.792. The smallest absolute Gasteiger partial charge is 0.0897 e. The molecule has 0 aromatic heterocycles. The highest BCUT2D eigenvalue weighted by Gasteiger charge is 2.61. The molecule has 2 saturated carbocycles. The van der Waals surface area contributed by atoms with E-state index in [-0.39, 0.29) is 12.4 Å². The monoisotopic (exact) mass is 305 g/mol. The van der Waals surface area contributed by atoms with Gasteiger partial charge in [0.15, 0.2) is 0 Å². The average Bonchev–Trinajstić information content (AvgIpc) is 2.66. The first-order valence-electron chi connectivity index (χ1n) is 7.80. The van der Waals surface area contributed by atoms with Gasteiger partial charge in [0.25, 0.3) is 0 Å². The summed E-state index contributed by atoms with van der Waals surface area (Å²) in [6.07, 6.45) is 3.73. The first kappa shape index (κ1) is 18.2. The summed E-state index contributed by atoms with van der Waals surface area (Å²) in [5.74, 6) is 0.799. The lowest BCUT2D eigenvalue weighted by atomic mass is 9.70. The van der Waals surface area contributed by atoms with E-state index in [0.717, 1.165) is 5.92 Å². The highest BCUT2D eigenvalue weighted by Crippen LogP contribution is 2.66. The van der Waals surface area contributed by atoms with Crippen molar-refractivity contribution in [2.24, 2.45) is 16.7 Å². The van der Waals surface area contributed by atoms with E-state index >= 15 is 0 Å². The van der Waals surface area contributed by atoms with E-state index in [4.69, 9.17) is 4.74 Å². The lowest BCUT2D eigenvalue weighted by Gasteiger charge is -2.39. The maximum absolute atomic E-state index is 9.96. The Balaban J connectivity index is 0.00000200. The normalized spacial score (nSPS) is 36.1. The Morgan fingerprint density at radius 3 is 2.40 bits per heavy atom. The van der Waals surface area contributed by atoms with Gasteiger partial charge in [0, 0.05) is 12.6 Å². The van der Waals surface area contributed by atoms with Crippen molar-refractivity contribution in [3.8, 4) is 0 Å². The molecule has 4 heteroatoms. The Hall–Kier alpha value is 0.170. The minimum Gasteiger partial charge on any atom is -0.389 e. The third-order valence-electron chi connectivity index (χ3n) is 5.97. The lowest BCUT2D eigenvalue weighted by molar-refractivity contribution is -0.0743. The number of nitrogens with one attached hydrogen (secondary N) is 1. The zero-order chi connectivity index (χ0) is 14.3. The van der Waals surface area contributed by atoms with Crippen molar-refractivity contribution in [2.45, 2.75) is 72.1 Å². The first-order chi connectivity index (χ1) is 8.77. The van der Waals surface area contributed by atoms with Crippen molar-refractivity contribution in [1.82, 2.24) is 5.32 Å². The van der Waals surface area contributed by atoms with E-state index in [0.29, 0.717) is 36.1 Å². The van der Waals surface area contributed by atoms with Crippen LogP contribution in [0.5, 0.6) is 0 Å². The van der Waals surface area contributed by atoms with Crippen molar-refractivity contribution < 1.29 is 9.84 Å². The molecule has 2 N–H and O–H groups in total. The Bertz CT molecular complexity index is 322. The average molecular weight is 306 g/mol. The van der Waals surface area contributed by atoms with Crippen molar-refractivity contribution in [3.05, 3.63) is 0 Å². The van der Waals surface area contributed by atoms with Gasteiger partial charge in [0.05, 0.1) is 18.8 Å². The van der Waals surface area contributed by atoms with Crippen LogP contribution in [0.2, 0.25) is 0 Å². The molecule has 0 spiro atoms. The van der Waals surface area contributed by atoms with Crippen molar-refractivity contribution in [3.63, 3.8) is 0 Å². The highest BCUT2D eigenvalue weighted by atomic mass is 35.5. The lowest BCUT2D eigenvalue weighted by Crippen LogP contribution is -2.40. The molecule has 0 aromatic carbocycles. The Morgan fingerprint density at radius 1 is 1.30 bits per heavy atom. The van der Waals surface area contributed by atoms with Crippen LogP contribution in [0, 0.1) is 16.7 Å². The fraction of sp³-hybridized carbons (Fsp3) is 1.00. The molecular formula is C16H32ClNO2. The number of hydrogen-bond donors (Lipinski definition) is 2. The van der Waals surface area contributed by atoms with Crippen LogP contribution in [-0.2, 0) is 4.74 Å². The maximum Gasteiger partial charge on any atom is 0.0897 e. The molecule has 0 heterocycles. The van der Waals surface area contributed by atoms with Gasteiger partial charge in [-0.2, -0.15) is 0 Å². The molecule has 2 aliphatic rings. The maximum atomic E-state index is 9.96. The number of hydrogen-bond acceptors (Lipinski definition) is 3. The number of rotatable bonds is 6. The van der Waals surface area contributed by atoms with E-state index in [2.05, 4.69) is 39.9 Å². The zero-order valence-corrected chi connectivity index (χ0v) is 14.4. The van der Waals surface area contributed by atoms with E-state index in [1.807, 2.05) is 0 Å². The van der Waals surface area contributed by atoms with Gasteiger partial charge in [-0.1, -0.05) is 34.6 Å². The molecule has 0 radical (unpaired) electrons. The van der Waals surface area contributed by atoms with Crippen LogP contribution < -0.4 is 5.32 Å². The van der Waals surface area contributed by atoms with E-state index < -0.39 is 6.10 Å². The molecule has 0 aliphatic heterocycles. The van der Waals surface area contributed by atoms with E-state index in [1.54, 1.807) is 0 Å². The van der Waals surface area contributed by atoms with Crippen LogP contribution in [-0.4, -0.2) is 36.5 Å². The summed E-state index contributed by atoms with van der Waals surface area (Å²) in [5.41, 5.74) is 0.682. The Morgan fingerprint density at radius 2 is 1.95 bits per heavy atom. The topological polar surface area (TPSA) is 41.5 Å². The molecule has 2 fully saturated rings. The minimum atomic E-state index is -0.395. The number of halogens is 1. The number of aliphatic hydroxyl groups is 1. The van der Waals surface area contributed by atoms with Gasteiger partial charge in [0.2, 0.25) is 0 Å². The third-order valence-corrected chi connectivity index (χ3v) is 5.97. The summed E-state index contributed by atoms with van der Waals surface area (Å²) >= 11 is 0. The second-order valence-corrected chi connectivity index (χ2v) is 7.65. The predicted octanol–water partition coefficient (Wildman–Crippen LogP) is 3.00. The summed E-state index contributed by atoms with van der Waals surface area (Å²) in [6, 6.07) is 0.411. The van der Waals surface area contributed by atoms with Gasteiger partial charge in [-0.3, -0.25) is 0 Å². The standard InChI is InChI=1S/C16H31NO2.ClH/c1-11(2)17-9-13(18)10-19-14-8-12-6-7-16(14,5)15(12,3)4;/h11-14,17-18H,6-10H2,1-5H3;1H. The first-order valence-corrected chi connectivity index (χ1v) is 7.80. The van der Waals surface area contributed by atoms with Gasteiger partial charge in [-0.05, 0) is 36.0 Å².